The third kappa shape index (κ3) is 3.88. The Morgan fingerprint density at radius 2 is 1.80 bits per heavy atom. The number of aliphatic hydroxyl groups is 1. The average Bonchev–Trinajstić information content (AvgIpc) is 2.67. The summed E-state index contributed by atoms with van der Waals surface area (Å²) in [5, 5.41) is 9.76. The molecule has 1 saturated heterocycles. The fraction of sp³-hybridized carbons (Fsp3) is 0.300. The van der Waals surface area contributed by atoms with Crippen molar-refractivity contribution in [2.75, 3.05) is 25.0 Å². The van der Waals surface area contributed by atoms with Gasteiger partial charge in [-0.05, 0) is 43.2 Å². The van der Waals surface area contributed by atoms with Crippen molar-refractivity contribution in [3.05, 3.63) is 65.7 Å². The third-order valence-electron chi connectivity index (χ3n) is 4.49. The maximum Gasteiger partial charge on any atom is 0.258 e. The van der Waals surface area contributed by atoms with Crippen molar-refractivity contribution in [3.63, 3.8) is 0 Å². The lowest BCUT2D eigenvalue weighted by Gasteiger charge is -2.30. The standard InChI is InChI=1S/C20H22N2O3/c1-21(17-9-3-2-4-10-17)19(24)15-7-5-8-16(13-15)20(25)22-12-6-11-18(23)14-22/h2-5,7-10,13,18,23H,6,11-12,14H2,1H3/t18-/m0/s1. The summed E-state index contributed by atoms with van der Waals surface area (Å²) in [4.78, 5) is 28.6. The molecule has 1 atom stereocenters. The summed E-state index contributed by atoms with van der Waals surface area (Å²) in [6.45, 7) is 0.985. The number of para-hydroxylation sites is 1. The number of likely N-dealkylation sites (tertiary alicyclic amines) is 1. The van der Waals surface area contributed by atoms with Crippen LogP contribution in [0.1, 0.15) is 33.6 Å². The normalized spacial score (nSPS) is 17.2. The summed E-state index contributed by atoms with van der Waals surface area (Å²) in [6, 6.07) is 16.1. The summed E-state index contributed by atoms with van der Waals surface area (Å²) < 4.78 is 0. The Hall–Kier alpha value is -2.66. The van der Waals surface area contributed by atoms with Crippen molar-refractivity contribution in [1.82, 2.24) is 4.90 Å². The molecule has 1 aliphatic heterocycles. The second kappa shape index (κ2) is 7.49. The first-order valence-electron chi connectivity index (χ1n) is 8.47. The molecule has 0 aromatic heterocycles. The van der Waals surface area contributed by atoms with Gasteiger partial charge in [0.2, 0.25) is 0 Å². The molecule has 0 radical (unpaired) electrons. The number of piperidine rings is 1. The SMILES string of the molecule is CN(C(=O)c1cccc(C(=O)N2CCC[C@H](O)C2)c1)c1ccccc1. The molecule has 2 amide bonds. The summed E-state index contributed by atoms with van der Waals surface area (Å²) in [5.74, 6) is -0.310. The number of carbonyl (C=O) groups excluding carboxylic acids is 2. The van der Waals surface area contributed by atoms with Gasteiger partial charge in [0.25, 0.3) is 11.8 Å². The molecule has 25 heavy (non-hydrogen) atoms. The number of benzene rings is 2. The van der Waals surface area contributed by atoms with Crippen molar-refractivity contribution < 1.29 is 14.7 Å². The monoisotopic (exact) mass is 338 g/mol. The molecule has 5 nitrogen and oxygen atoms in total. The number of anilines is 1. The topological polar surface area (TPSA) is 60.9 Å². The van der Waals surface area contributed by atoms with Gasteiger partial charge in [0.05, 0.1) is 6.10 Å². The van der Waals surface area contributed by atoms with Gasteiger partial charge in [0.15, 0.2) is 0 Å². The molecule has 1 fully saturated rings. The van der Waals surface area contributed by atoms with E-state index in [4.69, 9.17) is 0 Å². The number of rotatable bonds is 3. The van der Waals surface area contributed by atoms with Gasteiger partial charge in [-0.15, -0.1) is 0 Å². The Labute approximate surface area is 147 Å². The first-order valence-corrected chi connectivity index (χ1v) is 8.47. The van der Waals surface area contributed by atoms with E-state index in [0.29, 0.717) is 24.2 Å². The van der Waals surface area contributed by atoms with E-state index < -0.39 is 6.10 Å². The minimum atomic E-state index is -0.466. The number of hydrogen-bond acceptors (Lipinski definition) is 3. The van der Waals surface area contributed by atoms with Crippen molar-refractivity contribution in [3.8, 4) is 0 Å². The van der Waals surface area contributed by atoms with Crippen LogP contribution < -0.4 is 4.90 Å². The van der Waals surface area contributed by atoms with E-state index in [1.54, 1.807) is 41.1 Å². The summed E-state index contributed by atoms with van der Waals surface area (Å²) in [6.07, 6.45) is 1.05. The van der Waals surface area contributed by atoms with Crippen LogP contribution in [0.3, 0.4) is 0 Å². The molecule has 0 bridgehead atoms. The van der Waals surface area contributed by atoms with E-state index in [1.807, 2.05) is 30.3 Å². The lowest BCUT2D eigenvalue weighted by molar-refractivity contribution is 0.0473. The van der Waals surface area contributed by atoms with Crippen molar-refractivity contribution >= 4 is 17.5 Å². The van der Waals surface area contributed by atoms with E-state index in [1.165, 1.54) is 0 Å². The molecule has 1 N–H and O–H groups in total. The Kier molecular flexibility index (Phi) is 5.14. The van der Waals surface area contributed by atoms with Crippen LogP contribution in [-0.2, 0) is 0 Å². The van der Waals surface area contributed by atoms with E-state index >= 15 is 0 Å². The minimum Gasteiger partial charge on any atom is -0.391 e. The highest BCUT2D eigenvalue weighted by Crippen LogP contribution is 2.18. The Bertz CT molecular complexity index is 761. The molecule has 5 heteroatoms. The number of β-amino-alcohol motifs (C(OH)–C–C–N with tert-alkyl or cyclic N) is 1. The van der Waals surface area contributed by atoms with Crippen molar-refractivity contribution in [2.45, 2.75) is 18.9 Å². The fourth-order valence-corrected chi connectivity index (χ4v) is 3.07. The molecular weight excluding hydrogens is 316 g/mol. The van der Waals surface area contributed by atoms with Crippen LogP contribution in [0.4, 0.5) is 5.69 Å². The second-order valence-electron chi connectivity index (χ2n) is 6.33. The largest absolute Gasteiger partial charge is 0.391 e. The molecule has 130 valence electrons. The highest BCUT2D eigenvalue weighted by Gasteiger charge is 2.24. The molecule has 2 aromatic carbocycles. The number of carbonyl (C=O) groups is 2. The molecule has 0 saturated carbocycles. The molecular formula is C20H22N2O3. The van der Waals surface area contributed by atoms with Crippen LogP contribution in [-0.4, -0.2) is 48.1 Å². The van der Waals surface area contributed by atoms with Gasteiger partial charge in [-0.2, -0.15) is 0 Å². The summed E-state index contributed by atoms with van der Waals surface area (Å²) in [7, 11) is 1.72. The van der Waals surface area contributed by atoms with Crippen LogP contribution in [0, 0.1) is 0 Å². The number of aliphatic hydroxyl groups excluding tert-OH is 1. The number of hydrogen-bond donors (Lipinski definition) is 1. The van der Waals surface area contributed by atoms with Crippen LogP contribution in [0.25, 0.3) is 0 Å². The molecule has 2 aromatic rings. The molecule has 0 unspecified atom stereocenters. The highest BCUT2D eigenvalue weighted by atomic mass is 16.3. The maximum atomic E-state index is 12.7. The first kappa shape index (κ1) is 17.2. The molecule has 0 spiro atoms. The molecule has 1 aliphatic rings. The van der Waals surface area contributed by atoms with Crippen molar-refractivity contribution in [1.29, 1.82) is 0 Å². The van der Waals surface area contributed by atoms with Gasteiger partial charge in [0, 0.05) is 37.0 Å². The molecule has 1 heterocycles. The van der Waals surface area contributed by atoms with Gasteiger partial charge in [-0.3, -0.25) is 9.59 Å². The Morgan fingerprint density at radius 3 is 2.52 bits per heavy atom. The quantitative estimate of drug-likeness (QED) is 0.936. The smallest absolute Gasteiger partial charge is 0.258 e. The zero-order valence-electron chi connectivity index (χ0n) is 14.3. The predicted molar refractivity (Wildman–Crippen MR) is 96.8 cm³/mol. The van der Waals surface area contributed by atoms with Crippen LogP contribution >= 0.6 is 0 Å². The van der Waals surface area contributed by atoms with Gasteiger partial charge < -0.3 is 14.9 Å². The van der Waals surface area contributed by atoms with E-state index in [0.717, 1.165) is 18.5 Å². The second-order valence-corrected chi connectivity index (χ2v) is 6.33. The Balaban J connectivity index is 1.79. The first-order chi connectivity index (χ1) is 12.1. The van der Waals surface area contributed by atoms with Crippen molar-refractivity contribution in [2.24, 2.45) is 0 Å². The van der Waals surface area contributed by atoms with Crippen LogP contribution in [0.15, 0.2) is 54.6 Å². The zero-order chi connectivity index (χ0) is 17.8. The van der Waals surface area contributed by atoms with Gasteiger partial charge in [0.1, 0.15) is 0 Å². The van der Waals surface area contributed by atoms with E-state index in [9.17, 15) is 14.7 Å². The summed E-state index contributed by atoms with van der Waals surface area (Å²) >= 11 is 0. The summed E-state index contributed by atoms with van der Waals surface area (Å²) in [5.41, 5.74) is 1.74. The number of nitrogens with zero attached hydrogens (tertiary/aromatic N) is 2. The van der Waals surface area contributed by atoms with Gasteiger partial charge in [-0.1, -0.05) is 24.3 Å². The third-order valence-corrected chi connectivity index (χ3v) is 4.49. The van der Waals surface area contributed by atoms with E-state index in [2.05, 4.69) is 0 Å². The minimum absolute atomic E-state index is 0.143. The highest BCUT2D eigenvalue weighted by molar-refractivity contribution is 6.07. The fourth-order valence-electron chi connectivity index (χ4n) is 3.07. The number of amides is 2. The lowest BCUT2D eigenvalue weighted by Crippen LogP contribution is -2.42. The average molecular weight is 338 g/mol. The van der Waals surface area contributed by atoms with Crippen LogP contribution in [0.2, 0.25) is 0 Å². The van der Waals surface area contributed by atoms with Gasteiger partial charge in [-0.25, -0.2) is 0 Å². The maximum absolute atomic E-state index is 12.7. The van der Waals surface area contributed by atoms with E-state index in [-0.39, 0.29) is 11.8 Å². The van der Waals surface area contributed by atoms with Crippen LogP contribution in [0.5, 0.6) is 0 Å². The molecule has 0 aliphatic carbocycles. The lowest BCUT2D eigenvalue weighted by atomic mass is 10.0. The predicted octanol–water partition coefficient (Wildman–Crippen LogP) is 2.56. The molecule has 3 rings (SSSR count). The Morgan fingerprint density at radius 1 is 1.08 bits per heavy atom. The zero-order valence-corrected chi connectivity index (χ0v) is 14.3. The van der Waals surface area contributed by atoms with Gasteiger partial charge >= 0.3 is 0 Å².